The van der Waals surface area contributed by atoms with Gasteiger partial charge in [0.2, 0.25) is 0 Å². The van der Waals surface area contributed by atoms with E-state index in [1.165, 1.54) is 0 Å². The van der Waals surface area contributed by atoms with Crippen molar-refractivity contribution in [2.24, 2.45) is 0 Å². The lowest BCUT2D eigenvalue weighted by Crippen LogP contribution is -2.33. The Balaban J connectivity index is 3.41. The van der Waals surface area contributed by atoms with Crippen LogP contribution in [0.15, 0.2) is 0 Å². The van der Waals surface area contributed by atoms with Crippen LogP contribution in [0.2, 0.25) is 0 Å². The summed E-state index contributed by atoms with van der Waals surface area (Å²) in [7, 11) is 0. The molecule has 0 radical (unpaired) electrons. The Kier molecular flexibility index (Phi) is 5.68. The second-order valence-corrected chi connectivity index (χ2v) is 5.48. The topological polar surface area (TPSA) is 73.0 Å². The molecule has 1 N–H and O–H groups in total. The van der Waals surface area contributed by atoms with Gasteiger partial charge in [-0.1, -0.05) is 13.8 Å². The highest BCUT2D eigenvalue weighted by molar-refractivity contribution is 5.43. The van der Waals surface area contributed by atoms with Crippen LogP contribution in [0.25, 0.3) is 0 Å². The highest BCUT2D eigenvalue weighted by Gasteiger charge is 2.33. The molecule has 6 heteroatoms. The van der Waals surface area contributed by atoms with Crippen LogP contribution in [0.5, 0.6) is 0 Å². The SMILES string of the molecule is CCNC(C)C(CC)c1c([N+](=O)[O-])c(C)nn1C(C)C. The molecule has 0 aliphatic carbocycles. The Hall–Kier alpha value is -1.43. The Labute approximate surface area is 120 Å². The first-order chi connectivity index (χ1) is 9.34. The molecule has 6 nitrogen and oxygen atoms in total. The van der Waals surface area contributed by atoms with Crippen LogP contribution < -0.4 is 5.32 Å². The third kappa shape index (κ3) is 3.17. The number of rotatable bonds is 7. The molecule has 0 spiro atoms. The maximum Gasteiger partial charge on any atom is 0.313 e. The van der Waals surface area contributed by atoms with Gasteiger partial charge < -0.3 is 5.32 Å². The molecule has 0 aliphatic rings. The van der Waals surface area contributed by atoms with Crippen molar-refractivity contribution in [3.05, 3.63) is 21.5 Å². The van der Waals surface area contributed by atoms with Gasteiger partial charge in [0.05, 0.1) is 4.92 Å². The summed E-state index contributed by atoms with van der Waals surface area (Å²) in [6, 6.07) is 0.289. The molecule has 20 heavy (non-hydrogen) atoms. The Morgan fingerprint density at radius 1 is 1.35 bits per heavy atom. The zero-order valence-electron chi connectivity index (χ0n) is 13.3. The maximum absolute atomic E-state index is 11.4. The van der Waals surface area contributed by atoms with E-state index in [9.17, 15) is 10.1 Å². The fourth-order valence-electron chi connectivity index (χ4n) is 2.77. The largest absolute Gasteiger partial charge is 0.314 e. The van der Waals surface area contributed by atoms with Gasteiger partial charge in [0.15, 0.2) is 0 Å². The van der Waals surface area contributed by atoms with Gasteiger partial charge in [0.1, 0.15) is 11.4 Å². The smallest absolute Gasteiger partial charge is 0.313 e. The van der Waals surface area contributed by atoms with E-state index in [2.05, 4.69) is 24.3 Å². The van der Waals surface area contributed by atoms with E-state index in [0.29, 0.717) is 5.69 Å². The lowest BCUT2D eigenvalue weighted by molar-refractivity contribution is -0.386. The van der Waals surface area contributed by atoms with E-state index in [4.69, 9.17) is 0 Å². The minimum absolute atomic E-state index is 0.0824. The van der Waals surface area contributed by atoms with Crippen LogP contribution in [0, 0.1) is 17.0 Å². The van der Waals surface area contributed by atoms with Gasteiger partial charge in [-0.3, -0.25) is 14.8 Å². The molecule has 1 rings (SSSR count). The number of aromatic nitrogens is 2. The number of hydrogen-bond donors (Lipinski definition) is 1. The molecular weight excluding hydrogens is 256 g/mol. The molecule has 2 atom stereocenters. The number of aryl methyl sites for hydroxylation is 1. The summed E-state index contributed by atoms with van der Waals surface area (Å²) >= 11 is 0. The predicted octanol–water partition coefficient (Wildman–Crippen LogP) is 3.17. The van der Waals surface area contributed by atoms with Crippen LogP contribution in [-0.4, -0.2) is 27.3 Å². The minimum atomic E-state index is -0.294. The fraction of sp³-hybridized carbons (Fsp3) is 0.786. The normalized spacial score (nSPS) is 14.6. The molecule has 1 aromatic heterocycles. The lowest BCUT2D eigenvalue weighted by atomic mass is 9.92. The Morgan fingerprint density at radius 3 is 2.35 bits per heavy atom. The standard InChI is InChI=1S/C14H26N4O2/c1-7-12(10(5)15-8-2)14-13(18(19)20)11(6)16-17(14)9(3)4/h9-10,12,15H,7-8H2,1-6H3. The van der Waals surface area contributed by atoms with E-state index < -0.39 is 0 Å². The van der Waals surface area contributed by atoms with E-state index in [1.54, 1.807) is 6.92 Å². The quantitative estimate of drug-likeness (QED) is 0.616. The number of likely N-dealkylation sites (N-methyl/N-ethyl adjacent to an activating group) is 1. The molecule has 0 aliphatic heterocycles. The van der Waals surface area contributed by atoms with Gasteiger partial charge in [-0.15, -0.1) is 0 Å². The first-order valence-corrected chi connectivity index (χ1v) is 7.31. The molecular formula is C14H26N4O2. The van der Waals surface area contributed by atoms with E-state index in [0.717, 1.165) is 18.7 Å². The molecule has 1 heterocycles. The van der Waals surface area contributed by atoms with Crippen molar-refractivity contribution in [1.29, 1.82) is 0 Å². The van der Waals surface area contributed by atoms with Crippen molar-refractivity contribution in [2.45, 2.75) is 66.0 Å². The Morgan fingerprint density at radius 2 is 1.95 bits per heavy atom. The maximum atomic E-state index is 11.4. The highest BCUT2D eigenvalue weighted by Crippen LogP contribution is 2.35. The zero-order valence-corrected chi connectivity index (χ0v) is 13.3. The zero-order chi connectivity index (χ0) is 15.4. The third-order valence-corrected chi connectivity index (χ3v) is 3.68. The Bertz CT molecular complexity index is 468. The molecule has 0 fully saturated rings. The summed E-state index contributed by atoms with van der Waals surface area (Å²) < 4.78 is 1.81. The number of hydrogen-bond acceptors (Lipinski definition) is 4. The number of nitro groups is 1. The van der Waals surface area contributed by atoms with Gasteiger partial charge in [-0.25, -0.2) is 0 Å². The minimum Gasteiger partial charge on any atom is -0.314 e. The number of nitrogens with zero attached hydrogens (tertiary/aromatic N) is 3. The fourth-order valence-corrected chi connectivity index (χ4v) is 2.77. The molecule has 1 aromatic rings. The van der Waals surface area contributed by atoms with Crippen LogP contribution in [0.1, 0.15) is 64.4 Å². The average Bonchev–Trinajstić information content (AvgIpc) is 2.68. The average molecular weight is 282 g/mol. The molecule has 0 amide bonds. The van der Waals surface area contributed by atoms with E-state index in [1.807, 2.05) is 25.5 Å². The van der Waals surface area contributed by atoms with Gasteiger partial charge in [0.25, 0.3) is 0 Å². The first kappa shape index (κ1) is 16.6. The summed E-state index contributed by atoms with van der Waals surface area (Å²) in [5.41, 5.74) is 1.43. The molecule has 0 aromatic carbocycles. The molecule has 0 saturated heterocycles. The number of nitrogens with one attached hydrogen (secondary N) is 1. The van der Waals surface area contributed by atoms with Gasteiger partial charge in [-0.2, -0.15) is 5.10 Å². The predicted molar refractivity (Wildman–Crippen MR) is 80.2 cm³/mol. The van der Waals surface area contributed by atoms with Crippen LogP contribution in [-0.2, 0) is 0 Å². The van der Waals surface area contributed by atoms with Crippen molar-refractivity contribution in [1.82, 2.24) is 15.1 Å². The van der Waals surface area contributed by atoms with Crippen LogP contribution in [0.3, 0.4) is 0 Å². The van der Waals surface area contributed by atoms with Crippen molar-refractivity contribution >= 4 is 5.69 Å². The van der Waals surface area contributed by atoms with Gasteiger partial charge >= 0.3 is 5.69 Å². The first-order valence-electron chi connectivity index (χ1n) is 7.31. The second kappa shape index (κ2) is 6.83. The van der Waals surface area contributed by atoms with Crippen molar-refractivity contribution in [3.8, 4) is 0 Å². The summed E-state index contributed by atoms with van der Waals surface area (Å²) in [6.45, 7) is 12.8. The van der Waals surface area contributed by atoms with Crippen molar-refractivity contribution in [3.63, 3.8) is 0 Å². The molecule has 0 bridgehead atoms. The summed E-state index contributed by atoms with van der Waals surface area (Å²) in [5.74, 6) is 0.0824. The second-order valence-electron chi connectivity index (χ2n) is 5.48. The van der Waals surface area contributed by atoms with Crippen molar-refractivity contribution < 1.29 is 4.92 Å². The van der Waals surface area contributed by atoms with Gasteiger partial charge in [0, 0.05) is 18.0 Å². The highest BCUT2D eigenvalue weighted by atomic mass is 16.6. The molecule has 2 unspecified atom stereocenters. The molecule has 0 saturated carbocycles. The van der Waals surface area contributed by atoms with Crippen LogP contribution in [0.4, 0.5) is 5.69 Å². The summed E-state index contributed by atoms with van der Waals surface area (Å²) in [5, 5.41) is 19.2. The molecule has 114 valence electrons. The summed E-state index contributed by atoms with van der Waals surface area (Å²) in [4.78, 5) is 11.1. The van der Waals surface area contributed by atoms with E-state index in [-0.39, 0.29) is 28.6 Å². The summed E-state index contributed by atoms with van der Waals surface area (Å²) in [6.07, 6.45) is 0.840. The van der Waals surface area contributed by atoms with Crippen molar-refractivity contribution in [2.75, 3.05) is 6.54 Å². The van der Waals surface area contributed by atoms with Crippen LogP contribution >= 0.6 is 0 Å². The monoisotopic (exact) mass is 282 g/mol. The van der Waals surface area contributed by atoms with Gasteiger partial charge in [-0.05, 0) is 40.7 Å². The van der Waals surface area contributed by atoms with E-state index >= 15 is 0 Å². The lowest BCUT2D eigenvalue weighted by Gasteiger charge is -2.24. The third-order valence-electron chi connectivity index (χ3n) is 3.68.